The second kappa shape index (κ2) is 11.1. The van der Waals surface area contributed by atoms with E-state index in [0.29, 0.717) is 36.4 Å². The van der Waals surface area contributed by atoms with Gasteiger partial charge in [-0.2, -0.15) is 10.1 Å². The van der Waals surface area contributed by atoms with Gasteiger partial charge in [0.05, 0.1) is 32.2 Å². The molecule has 2 saturated heterocycles. The van der Waals surface area contributed by atoms with Crippen molar-refractivity contribution in [3.05, 3.63) is 29.7 Å². The number of nitrogens with zero attached hydrogens (tertiary/aromatic N) is 7. The molecule has 0 bridgehead atoms. The predicted molar refractivity (Wildman–Crippen MR) is 140 cm³/mol. The van der Waals surface area contributed by atoms with E-state index < -0.39 is 0 Å². The molecule has 200 valence electrons. The smallest absolute Gasteiger partial charge is 0.222 e. The molecular weight excluding hydrogens is 474 g/mol. The van der Waals surface area contributed by atoms with Gasteiger partial charge in [-0.25, -0.2) is 4.98 Å². The van der Waals surface area contributed by atoms with Crippen molar-refractivity contribution in [2.24, 2.45) is 0 Å². The number of nitrogen functional groups attached to an aromatic ring is 1. The maximum atomic E-state index is 9.49. The van der Waals surface area contributed by atoms with Crippen LogP contribution < -0.4 is 15.8 Å². The number of aromatic nitrogens is 5. The topological polar surface area (TPSA) is 151 Å². The molecule has 3 atom stereocenters. The lowest BCUT2D eigenvalue weighted by Crippen LogP contribution is -2.78. The van der Waals surface area contributed by atoms with Crippen LogP contribution in [0.2, 0.25) is 0 Å². The molecule has 0 amide bonds. The van der Waals surface area contributed by atoms with E-state index in [1.165, 1.54) is 0 Å². The summed E-state index contributed by atoms with van der Waals surface area (Å²) in [5, 5.41) is 26.7. The number of aliphatic hydroxyl groups is 2. The zero-order valence-electron chi connectivity index (χ0n) is 21.5. The number of likely N-dealkylation sites (tertiary alicyclic amines) is 2. The summed E-state index contributed by atoms with van der Waals surface area (Å²) < 4.78 is 7.57. The summed E-state index contributed by atoms with van der Waals surface area (Å²) in [4.78, 5) is 18.3. The highest BCUT2D eigenvalue weighted by molar-refractivity contribution is 5.86. The van der Waals surface area contributed by atoms with Gasteiger partial charge in [0.2, 0.25) is 5.95 Å². The SMILES string of the molecule is CCC[C@@H](CCO)Nc1nc(N)nc2cnn(Cc3cnc(CN4C[C@H]5C4CN5CCO)cc3OC)c12. The molecule has 5 N–H and O–H groups in total. The van der Waals surface area contributed by atoms with Gasteiger partial charge >= 0.3 is 0 Å². The number of β-amino-alcohol motifs (C(OH)–C–C–N with tert-alkyl or cyclic N) is 1. The second-order valence-electron chi connectivity index (χ2n) is 9.88. The van der Waals surface area contributed by atoms with Crippen LogP contribution in [0.5, 0.6) is 5.75 Å². The zero-order valence-corrected chi connectivity index (χ0v) is 21.5. The molecule has 0 aliphatic carbocycles. The molecule has 12 heteroatoms. The van der Waals surface area contributed by atoms with E-state index >= 15 is 0 Å². The minimum absolute atomic E-state index is 0.0684. The fraction of sp³-hybridized carbons (Fsp3) is 0.600. The molecular formula is C25H37N9O3. The Hall–Kier alpha value is -3.06. The van der Waals surface area contributed by atoms with E-state index in [0.717, 1.165) is 61.5 Å². The van der Waals surface area contributed by atoms with E-state index in [1.807, 2.05) is 16.9 Å². The first-order valence-electron chi connectivity index (χ1n) is 13.0. The third-order valence-electron chi connectivity index (χ3n) is 7.48. The van der Waals surface area contributed by atoms with Crippen LogP contribution in [0, 0.1) is 0 Å². The number of methoxy groups -OCH3 is 1. The Balaban J connectivity index is 1.33. The fourth-order valence-corrected chi connectivity index (χ4v) is 5.50. The minimum atomic E-state index is 0.0684. The summed E-state index contributed by atoms with van der Waals surface area (Å²) in [6, 6.07) is 3.19. The predicted octanol–water partition coefficient (Wildman–Crippen LogP) is 0.684. The number of hydrogen-bond donors (Lipinski definition) is 4. The summed E-state index contributed by atoms with van der Waals surface area (Å²) in [5.74, 6) is 1.55. The van der Waals surface area contributed by atoms with Crippen molar-refractivity contribution in [2.45, 2.75) is 57.4 Å². The van der Waals surface area contributed by atoms with Gasteiger partial charge in [0.1, 0.15) is 16.8 Å². The second-order valence-corrected chi connectivity index (χ2v) is 9.88. The number of aliphatic hydroxyl groups excluding tert-OH is 2. The highest BCUT2D eigenvalue weighted by atomic mass is 16.5. The van der Waals surface area contributed by atoms with E-state index in [1.54, 1.807) is 13.3 Å². The molecule has 5 rings (SSSR count). The molecule has 2 aliphatic heterocycles. The molecule has 1 unspecified atom stereocenters. The number of fused-ring (bicyclic) bond motifs is 2. The zero-order chi connectivity index (χ0) is 25.9. The Morgan fingerprint density at radius 3 is 2.62 bits per heavy atom. The lowest BCUT2D eigenvalue weighted by molar-refractivity contribution is -0.132. The molecule has 5 heterocycles. The maximum absolute atomic E-state index is 9.49. The van der Waals surface area contributed by atoms with Gasteiger partial charge in [-0.3, -0.25) is 19.5 Å². The highest BCUT2D eigenvalue weighted by Gasteiger charge is 2.50. The average Bonchev–Trinajstić information content (AvgIpc) is 3.27. The van der Waals surface area contributed by atoms with Crippen molar-refractivity contribution < 1.29 is 14.9 Å². The molecule has 0 saturated carbocycles. The molecule has 37 heavy (non-hydrogen) atoms. The molecule has 2 fully saturated rings. The van der Waals surface area contributed by atoms with Crippen molar-refractivity contribution >= 4 is 22.8 Å². The quantitative estimate of drug-likeness (QED) is 0.256. The van der Waals surface area contributed by atoms with Crippen molar-refractivity contribution in [1.82, 2.24) is 34.5 Å². The van der Waals surface area contributed by atoms with Crippen LogP contribution >= 0.6 is 0 Å². The van der Waals surface area contributed by atoms with Crippen LogP contribution in [0.4, 0.5) is 11.8 Å². The summed E-state index contributed by atoms with van der Waals surface area (Å²) in [6.07, 6.45) is 6.04. The number of pyridine rings is 1. The standard InChI is InChI=1S/C25H37N9O3/c1-3-4-17(5-7-35)29-24-23-19(30-25(26)31-24)11-28-34(23)12-16-10-27-18(9-22(16)37-2)13-33-15-20-21(33)14-32(20)6-8-36/h9-11,17,20-21,35-36H,3-8,12-15H2,1-2H3,(H3,26,29,30,31)/t17-,20-,21?/m0/s1. The number of rotatable bonds is 13. The number of anilines is 2. The Morgan fingerprint density at radius 2 is 1.92 bits per heavy atom. The van der Waals surface area contributed by atoms with E-state index in [4.69, 9.17) is 20.6 Å². The molecule has 0 spiro atoms. The first-order chi connectivity index (χ1) is 18.0. The molecule has 2 aliphatic rings. The van der Waals surface area contributed by atoms with Crippen LogP contribution in [0.25, 0.3) is 11.0 Å². The fourth-order valence-electron chi connectivity index (χ4n) is 5.50. The average molecular weight is 512 g/mol. The number of nitrogens with one attached hydrogen (secondary N) is 1. The Kier molecular flexibility index (Phi) is 7.70. The van der Waals surface area contributed by atoms with Crippen molar-refractivity contribution in [3.63, 3.8) is 0 Å². The van der Waals surface area contributed by atoms with Crippen LogP contribution in [0.1, 0.15) is 37.4 Å². The maximum Gasteiger partial charge on any atom is 0.222 e. The monoisotopic (exact) mass is 511 g/mol. The molecule has 0 radical (unpaired) electrons. The Bertz CT molecular complexity index is 1210. The van der Waals surface area contributed by atoms with Gasteiger partial charge in [0.25, 0.3) is 0 Å². The summed E-state index contributed by atoms with van der Waals surface area (Å²) in [6.45, 7) is 6.40. The minimum Gasteiger partial charge on any atom is -0.496 e. The van der Waals surface area contributed by atoms with Crippen LogP contribution in [0.3, 0.4) is 0 Å². The first-order valence-corrected chi connectivity index (χ1v) is 13.0. The van der Waals surface area contributed by atoms with E-state index in [2.05, 4.69) is 37.1 Å². The van der Waals surface area contributed by atoms with Gasteiger partial charge < -0.3 is 26.0 Å². The summed E-state index contributed by atoms with van der Waals surface area (Å²) in [5.41, 5.74) is 9.25. The van der Waals surface area contributed by atoms with Gasteiger partial charge in [0.15, 0.2) is 5.82 Å². The van der Waals surface area contributed by atoms with Crippen molar-refractivity contribution in [3.8, 4) is 5.75 Å². The van der Waals surface area contributed by atoms with Crippen LogP contribution in [-0.4, -0.2) is 103 Å². The molecule has 3 aromatic rings. The van der Waals surface area contributed by atoms with Crippen molar-refractivity contribution in [2.75, 3.05) is 51.0 Å². The van der Waals surface area contributed by atoms with Gasteiger partial charge in [0, 0.05) is 68.7 Å². The van der Waals surface area contributed by atoms with Crippen LogP contribution in [0.15, 0.2) is 18.5 Å². The molecule has 0 aromatic carbocycles. The van der Waals surface area contributed by atoms with E-state index in [9.17, 15) is 5.11 Å². The number of ether oxygens (including phenoxy) is 1. The third-order valence-corrected chi connectivity index (χ3v) is 7.48. The highest BCUT2D eigenvalue weighted by Crippen LogP contribution is 2.34. The van der Waals surface area contributed by atoms with E-state index in [-0.39, 0.29) is 25.2 Å². The normalized spacial score (nSPS) is 20.3. The number of nitrogens with two attached hydrogens (primary N) is 1. The summed E-state index contributed by atoms with van der Waals surface area (Å²) >= 11 is 0. The Labute approximate surface area is 216 Å². The number of hydrogen-bond acceptors (Lipinski definition) is 11. The van der Waals surface area contributed by atoms with Gasteiger partial charge in [-0.05, 0) is 12.8 Å². The van der Waals surface area contributed by atoms with Crippen molar-refractivity contribution in [1.29, 1.82) is 0 Å². The number of piperazine rings is 1. The molecule has 3 aromatic heterocycles. The summed E-state index contributed by atoms with van der Waals surface area (Å²) in [7, 11) is 1.67. The molecule has 12 nitrogen and oxygen atoms in total. The lowest BCUT2D eigenvalue weighted by Gasteiger charge is -2.62. The first kappa shape index (κ1) is 25.6. The van der Waals surface area contributed by atoms with Gasteiger partial charge in [-0.15, -0.1) is 0 Å². The third kappa shape index (κ3) is 5.19. The largest absolute Gasteiger partial charge is 0.496 e. The van der Waals surface area contributed by atoms with Crippen LogP contribution in [-0.2, 0) is 13.1 Å². The lowest BCUT2D eigenvalue weighted by atomic mass is 9.85. The Morgan fingerprint density at radius 1 is 1.11 bits per heavy atom. The van der Waals surface area contributed by atoms with Gasteiger partial charge in [-0.1, -0.05) is 13.3 Å².